The summed E-state index contributed by atoms with van der Waals surface area (Å²) in [7, 11) is -0.419. The highest BCUT2D eigenvalue weighted by Gasteiger charge is 2.52. The van der Waals surface area contributed by atoms with Crippen LogP contribution in [0.2, 0.25) is 5.15 Å². The van der Waals surface area contributed by atoms with Gasteiger partial charge in [-0.3, -0.25) is 0 Å². The lowest BCUT2D eigenvalue weighted by Crippen LogP contribution is -2.51. The van der Waals surface area contributed by atoms with Crippen LogP contribution < -0.4 is 5.46 Å². The summed E-state index contributed by atoms with van der Waals surface area (Å²) < 4.78 is 28.0. The molecule has 3 aliphatic heterocycles. The number of halogens is 1. The van der Waals surface area contributed by atoms with Crippen LogP contribution in [0.25, 0.3) is 22.6 Å². The van der Waals surface area contributed by atoms with Crippen molar-refractivity contribution in [1.82, 2.24) is 39.0 Å². The van der Waals surface area contributed by atoms with E-state index in [2.05, 4.69) is 20.2 Å². The van der Waals surface area contributed by atoms with Gasteiger partial charge in [0.1, 0.15) is 16.4 Å². The minimum Gasteiger partial charge on any atom is -0.438 e. The predicted octanol–water partition coefficient (Wildman–Crippen LogP) is 11.7. The van der Waals surface area contributed by atoms with Gasteiger partial charge in [0, 0.05) is 69.1 Å². The van der Waals surface area contributed by atoms with Gasteiger partial charge in [0.25, 0.3) is 0 Å². The SMILES string of the molecule is C[C@@H](c1ccc(-c2ccc3nccn3n2)cc1)N1CC[C@](CC(C)(C)O)(c2ccccc2)OC1=O.C[C@@H](c1ccc(B2OC(C)(C)C(C)(C)O2)cc1)N1CC[C@](CC(C)(C)O)(c2ccccc2)OC1=O.Clc1ccc2nccn2n1. The molecule has 3 saturated heterocycles. The third kappa shape index (κ3) is 12.9. The zero-order valence-corrected chi connectivity index (χ0v) is 48.0. The van der Waals surface area contributed by atoms with E-state index in [1.165, 1.54) is 0 Å². The van der Waals surface area contributed by atoms with Gasteiger partial charge in [-0.25, -0.2) is 28.6 Å². The lowest BCUT2D eigenvalue weighted by Gasteiger charge is -2.45. The van der Waals surface area contributed by atoms with Gasteiger partial charge in [-0.1, -0.05) is 121 Å². The van der Waals surface area contributed by atoms with Crippen molar-refractivity contribution in [2.75, 3.05) is 13.1 Å². The van der Waals surface area contributed by atoms with Crippen molar-refractivity contribution in [3.8, 4) is 11.3 Å². The quantitative estimate of drug-likeness (QED) is 0.111. The van der Waals surface area contributed by atoms with Gasteiger partial charge in [0.2, 0.25) is 0 Å². The number of carbonyl (C=O) groups is 2. The molecular formula is C62H72BClN8O8. The van der Waals surface area contributed by atoms with Crippen molar-refractivity contribution >= 4 is 47.7 Å². The number of amides is 2. The van der Waals surface area contributed by atoms with Gasteiger partial charge in [0.15, 0.2) is 11.3 Å². The standard InChI is InChI=1S/C28H38BNO5.C28H30N4O3.C6H4ClN3/c1-20(21-13-15-23(16-14-21)29-34-26(4,5)27(6,7)35-29)30-18-17-28(33-24(30)31,19-25(2,3)32)22-11-9-8-10-12-22;1-20(21-9-11-22(12-10-21)24-13-14-25-29-16-18-32(25)30-24)31-17-15-28(35-26(31)33,19-27(2,3)34)23-7-5-4-6-8-23;7-5-1-2-6-8-3-4-10(6)9-5/h8-16,20,32H,17-19H2,1-7H3;4-14,16,18,20,34H,15,17,19H2,1-3H3;1-4H/t2*20-,28-;/m00./s1. The Morgan fingerprint density at radius 3 is 1.45 bits per heavy atom. The Kier molecular flexibility index (Phi) is 16.4. The Balaban J connectivity index is 0.000000164. The molecule has 3 aliphatic rings. The summed E-state index contributed by atoms with van der Waals surface area (Å²) in [6.07, 6.45) is 8.11. The number of fused-ring (bicyclic) bond motifs is 2. The number of ether oxygens (including phenoxy) is 2. The average Bonchev–Trinajstić information content (AvgIpc) is 4.24. The minimum absolute atomic E-state index is 0.156. The maximum absolute atomic E-state index is 13.3. The zero-order valence-electron chi connectivity index (χ0n) is 47.3. The molecule has 11 rings (SSSR count). The Bertz CT molecular complexity index is 3390. The molecule has 7 heterocycles. The molecule has 2 N–H and O–H groups in total. The van der Waals surface area contributed by atoms with Gasteiger partial charge < -0.3 is 38.8 Å². The highest BCUT2D eigenvalue weighted by atomic mass is 35.5. The van der Waals surface area contributed by atoms with Crippen molar-refractivity contribution in [1.29, 1.82) is 0 Å². The van der Waals surface area contributed by atoms with E-state index in [9.17, 15) is 19.8 Å². The summed E-state index contributed by atoms with van der Waals surface area (Å²) in [6, 6.07) is 42.7. The highest BCUT2D eigenvalue weighted by molar-refractivity contribution is 6.62. The average molecular weight is 1100 g/mol. The van der Waals surface area contributed by atoms with Crippen molar-refractivity contribution < 1.29 is 38.6 Å². The number of imidazole rings is 2. The van der Waals surface area contributed by atoms with Crippen molar-refractivity contribution in [2.45, 2.75) is 141 Å². The van der Waals surface area contributed by atoms with E-state index in [0.29, 0.717) is 43.9 Å². The first-order valence-corrected chi connectivity index (χ1v) is 27.6. The minimum atomic E-state index is -0.979. The van der Waals surface area contributed by atoms with Gasteiger partial charge >= 0.3 is 19.3 Å². The summed E-state index contributed by atoms with van der Waals surface area (Å²) in [5.41, 5.74) is 3.81. The van der Waals surface area contributed by atoms with Crippen LogP contribution in [0.1, 0.15) is 129 Å². The van der Waals surface area contributed by atoms with Crippen molar-refractivity contribution in [2.24, 2.45) is 0 Å². The van der Waals surface area contributed by atoms with Crippen LogP contribution in [0.3, 0.4) is 0 Å². The van der Waals surface area contributed by atoms with E-state index >= 15 is 0 Å². The number of benzene rings is 4. The van der Waals surface area contributed by atoms with Crippen LogP contribution in [0.5, 0.6) is 0 Å². The van der Waals surface area contributed by atoms with E-state index in [1.54, 1.807) is 71.2 Å². The van der Waals surface area contributed by atoms with Crippen LogP contribution in [0, 0.1) is 0 Å². The molecule has 18 heteroatoms. The molecule has 3 fully saturated rings. The molecule has 0 aliphatic carbocycles. The van der Waals surface area contributed by atoms with Crippen LogP contribution in [-0.2, 0) is 30.0 Å². The molecule has 0 bridgehead atoms. The second kappa shape index (κ2) is 22.8. The van der Waals surface area contributed by atoms with Crippen LogP contribution >= 0.6 is 11.6 Å². The predicted molar refractivity (Wildman–Crippen MR) is 309 cm³/mol. The van der Waals surface area contributed by atoms with Gasteiger partial charge in [0.05, 0.1) is 40.2 Å². The highest BCUT2D eigenvalue weighted by Crippen LogP contribution is 2.44. The smallest absolute Gasteiger partial charge is 0.438 e. The molecule has 4 aromatic heterocycles. The number of nitrogens with zero attached hydrogens (tertiary/aromatic N) is 8. The fraction of sp³-hybridized carbons (Fsp3) is 0.387. The van der Waals surface area contributed by atoms with E-state index in [1.807, 2.05) is 175 Å². The van der Waals surface area contributed by atoms with Crippen LogP contribution in [-0.4, -0.2) is 104 Å². The molecule has 0 radical (unpaired) electrons. The molecular weight excluding hydrogens is 1030 g/mol. The molecule has 0 unspecified atom stereocenters. The second-order valence-electron chi connectivity index (χ2n) is 23.4. The molecule has 4 atom stereocenters. The van der Waals surface area contributed by atoms with E-state index < -0.39 is 40.7 Å². The van der Waals surface area contributed by atoms with E-state index in [0.717, 1.165) is 50.3 Å². The first kappa shape index (κ1) is 57.5. The summed E-state index contributed by atoms with van der Waals surface area (Å²) >= 11 is 5.62. The Labute approximate surface area is 473 Å². The molecule has 0 saturated carbocycles. The maximum atomic E-state index is 13.3. The van der Waals surface area contributed by atoms with Gasteiger partial charge in [-0.2, -0.15) is 10.2 Å². The molecule has 2 amide bonds. The first-order valence-electron chi connectivity index (χ1n) is 27.2. The molecule has 8 aromatic rings. The van der Waals surface area contributed by atoms with Crippen LogP contribution in [0.15, 0.2) is 158 Å². The molecule has 16 nitrogen and oxygen atoms in total. The number of hydrogen-bond acceptors (Lipinski definition) is 12. The maximum Gasteiger partial charge on any atom is 0.494 e. The number of hydrogen-bond donors (Lipinski definition) is 2. The summed E-state index contributed by atoms with van der Waals surface area (Å²) in [5.74, 6) is 0. The second-order valence-corrected chi connectivity index (χ2v) is 23.8. The van der Waals surface area contributed by atoms with E-state index in [4.69, 9.17) is 30.4 Å². The van der Waals surface area contributed by atoms with Crippen molar-refractivity contribution in [3.63, 3.8) is 0 Å². The number of carbonyl (C=O) groups excluding carboxylic acids is 2. The summed E-state index contributed by atoms with van der Waals surface area (Å²) in [4.78, 5) is 38.3. The van der Waals surface area contributed by atoms with Gasteiger partial charge in [-0.15, -0.1) is 0 Å². The largest absolute Gasteiger partial charge is 0.494 e. The molecule has 80 heavy (non-hydrogen) atoms. The number of cyclic esters (lactones) is 2. The molecule has 418 valence electrons. The fourth-order valence-corrected chi connectivity index (χ4v) is 10.9. The Morgan fingerprint density at radius 1 is 0.588 bits per heavy atom. The van der Waals surface area contributed by atoms with Crippen LogP contribution in [0.4, 0.5) is 9.59 Å². The Hall–Kier alpha value is -7.15. The lowest BCUT2D eigenvalue weighted by molar-refractivity contribution is -0.102. The third-order valence-electron chi connectivity index (χ3n) is 15.6. The number of aromatic nitrogens is 6. The number of rotatable bonds is 12. The Morgan fingerprint density at radius 2 is 1.01 bits per heavy atom. The third-order valence-corrected chi connectivity index (χ3v) is 15.8. The molecule has 0 spiro atoms. The first-order chi connectivity index (χ1) is 37.8. The zero-order chi connectivity index (χ0) is 57.3. The topological polar surface area (TPSA) is 178 Å². The van der Waals surface area contributed by atoms with Crippen molar-refractivity contribution in [3.05, 3.63) is 186 Å². The monoisotopic (exact) mass is 1100 g/mol. The number of aliphatic hydroxyl groups is 2. The summed E-state index contributed by atoms with van der Waals surface area (Å²) in [5, 5.41) is 30.2. The van der Waals surface area contributed by atoms with E-state index in [-0.39, 0.29) is 24.3 Å². The van der Waals surface area contributed by atoms with Gasteiger partial charge in [-0.05, 0) is 121 Å². The normalized spacial score (nSPS) is 20.7. The fourth-order valence-electron chi connectivity index (χ4n) is 10.7. The lowest BCUT2D eigenvalue weighted by atomic mass is 9.78. The molecule has 4 aromatic carbocycles. The summed E-state index contributed by atoms with van der Waals surface area (Å²) in [6.45, 7) is 20.3.